The molecule has 0 aliphatic heterocycles. The van der Waals surface area contributed by atoms with Crippen LogP contribution < -0.4 is 10.3 Å². The number of rotatable bonds is 6. The lowest BCUT2D eigenvalue weighted by Crippen LogP contribution is -2.30. The average Bonchev–Trinajstić information content (AvgIpc) is 3.18. The molecular formula is C15H15N3O3S3. The van der Waals surface area contributed by atoms with Crippen LogP contribution in [0.4, 0.5) is 0 Å². The van der Waals surface area contributed by atoms with Crippen molar-refractivity contribution < 1.29 is 8.42 Å². The molecule has 0 fully saturated rings. The molecule has 0 amide bonds. The second-order valence-corrected chi connectivity index (χ2v) is 9.14. The van der Waals surface area contributed by atoms with E-state index in [1.54, 1.807) is 30.5 Å². The second kappa shape index (κ2) is 6.98. The number of aromatic nitrogens is 2. The minimum Gasteiger partial charge on any atom is -0.314 e. The molecule has 1 N–H and O–H groups in total. The second-order valence-electron chi connectivity index (χ2n) is 5.00. The molecule has 0 aromatic carbocycles. The lowest BCUT2D eigenvalue weighted by Gasteiger charge is -2.06. The van der Waals surface area contributed by atoms with Gasteiger partial charge in [-0.3, -0.25) is 4.79 Å². The molecule has 3 heterocycles. The predicted octanol–water partition coefficient (Wildman–Crippen LogP) is 2.32. The minimum atomic E-state index is -3.59. The largest absolute Gasteiger partial charge is 0.314 e. The van der Waals surface area contributed by atoms with Crippen LogP contribution in [0.1, 0.15) is 5.01 Å². The van der Waals surface area contributed by atoms with Gasteiger partial charge in [0.2, 0.25) is 10.0 Å². The smallest absolute Gasteiger partial charge is 0.250 e. The lowest BCUT2D eigenvalue weighted by molar-refractivity contribution is 0.572. The van der Waals surface area contributed by atoms with Gasteiger partial charge in [-0.2, -0.15) is 0 Å². The van der Waals surface area contributed by atoms with Crippen LogP contribution in [0.15, 0.2) is 50.9 Å². The Kier molecular flexibility index (Phi) is 4.95. The van der Waals surface area contributed by atoms with E-state index in [-0.39, 0.29) is 22.9 Å². The van der Waals surface area contributed by atoms with Gasteiger partial charge in [-0.25, -0.2) is 18.1 Å². The normalized spacial score (nSPS) is 11.7. The average molecular weight is 382 g/mol. The molecule has 3 rings (SSSR count). The number of hydrogen-bond acceptors (Lipinski definition) is 6. The minimum absolute atomic E-state index is 0.148. The van der Waals surface area contributed by atoms with Crippen LogP contribution >= 0.6 is 22.7 Å². The van der Waals surface area contributed by atoms with Crippen LogP contribution in [0.5, 0.6) is 0 Å². The van der Waals surface area contributed by atoms with Gasteiger partial charge in [0.25, 0.3) is 5.56 Å². The zero-order valence-corrected chi connectivity index (χ0v) is 15.2. The summed E-state index contributed by atoms with van der Waals surface area (Å²) in [6.07, 6.45) is 1.63. The molecule has 9 heteroatoms. The molecule has 0 spiro atoms. The maximum atomic E-state index is 12.4. The number of sulfonamides is 1. The van der Waals surface area contributed by atoms with Gasteiger partial charge in [0.15, 0.2) is 0 Å². The molecule has 0 unspecified atom stereocenters. The third kappa shape index (κ3) is 3.81. The van der Waals surface area contributed by atoms with Crippen molar-refractivity contribution in [3.8, 4) is 10.6 Å². The number of nitrogens with zero attached hydrogens (tertiary/aromatic N) is 2. The van der Waals surface area contributed by atoms with Gasteiger partial charge >= 0.3 is 0 Å². The van der Waals surface area contributed by atoms with Crippen molar-refractivity contribution in [3.63, 3.8) is 0 Å². The van der Waals surface area contributed by atoms with Crippen LogP contribution in [0, 0.1) is 6.92 Å². The SMILES string of the molecule is Cc1nc(-c2ccc(S(=O)(=O)NCCn3ccccc3=O)s2)cs1. The fourth-order valence-electron chi connectivity index (χ4n) is 2.10. The van der Waals surface area contributed by atoms with Crippen LogP contribution in [-0.2, 0) is 16.6 Å². The Morgan fingerprint density at radius 2 is 2.08 bits per heavy atom. The zero-order chi connectivity index (χ0) is 17.2. The highest BCUT2D eigenvalue weighted by Crippen LogP contribution is 2.31. The molecule has 126 valence electrons. The van der Waals surface area contributed by atoms with Crippen LogP contribution in [0.2, 0.25) is 0 Å². The molecule has 6 nitrogen and oxygen atoms in total. The first-order chi connectivity index (χ1) is 11.5. The number of hydrogen-bond donors (Lipinski definition) is 1. The number of pyridine rings is 1. The summed E-state index contributed by atoms with van der Waals surface area (Å²) in [6.45, 7) is 2.34. The third-order valence-electron chi connectivity index (χ3n) is 3.26. The molecule has 0 atom stereocenters. The molecule has 0 saturated heterocycles. The number of aryl methyl sites for hydroxylation is 1. The molecule has 0 aliphatic carbocycles. The quantitative estimate of drug-likeness (QED) is 0.710. The summed E-state index contributed by atoms with van der Waals surface area (Å²) < 4.78 is 28.9. The topological polar surface area (TPSA) is 81.1 Å². The molecule has 0 saturated carbocycles. The Morgan fingerprint density at radius 1 is 1.25 bits per heavy atom. The molecule has 3 aromatic rings. The Morgan fingerprint density at radius 3 is 2.79 bits per heavy atom. The van der Waals surface area contributed by atoms with E-state index in [4.69, 9.17) is 0 Å². The first-order valence-electron chi connectivity index (χ1n) is 7.13. The molecular weight excluding hydrogens is 366 g/mol. The molecule has 0 radical (unpaired) electrons. The zero-order valence-electron chi connectivity index (χ0n) is 12.8. The number of thiazole rings is 1. The van der Waals surface area contributed by atoms with Crippen LogP contribution in [0.25, 0.3) is 10.6 Å². The maximum Gasteiger partial charge on any atom is 0.250 e. The molecule has 0 bridgehead atoms. The summed E-state index contributed by atoms with van der Waals surface area (Å²) in [6, 6.07) is 8.16. The number of nitrogens with one attached hydrogen (secondary N) is 1. The van der Waals surface area contributed by atoms with E-state index in [2.05, 4.69) is 9.71 Å². The highest BCUT2D eigenvalue weighted by atomic mass is 32.2. The first kappa shape index (κ1) is 17.0. The van der Waals surface area contributed by atoms with Crippen molar-refractivity contribution in [2.24, 2.45) is 0 Å². The van der Waals surface area contributed by atoms with Gasteiger partial charge in [-0.1, -0.05) is 6.07 Å². The van der Waals surface area contributed by atoms with E-state index in [1.165, 1.54) is 33.3 Å². The van der Waals surface area contributed by atoms with Crippen molar-refractivity contribution in [1.82, 2.24) is 14.3 Å². The third-order valence-corrected chi connectivity index (χ3v) is 7.10. The van der Waals surface area contributed by atoms with E-state index in [0.29, 0.717) is 0 Å². The van der Waals surface area contributed by atoms with Crippen LogP contribution in [0.3, 0.4) is 0 Å². The standard InChI is InChI=1S/C15H15N3O3S3/c1-11-17-12(10-22-11)13-5-6-15(23-13)24(20,21)16-7-9-18-8-3-2-4-14(18)19/h2-6,8,10,16H,7,9H2,1H3. The van der Waals surface area contributed by atoms with E-state index in [9.17, 15) is 13.2 Å². The van der Waals surface area contributed by atoms with E-state index < -0.39 is 10.0 Å². The lowest BCUT2D eigenvalue weighted by atomic mass is 10.4. The summed E-state index contributed by atoms with van der Waals surface area (Å²) in [4.78, 5) is 16.8. The fourth-order valence-corrected chi connectivity index (χ4v) is 5.12. The molecule has 3 aromatic heterocycles. The maximum absolute atomic E-state index is 12.4. The molecule has 24 heavy (non-hydrogen) atoms. The van der Waals surface area contributed by atoms with Gasteiger partial charge in [-0.15, -0.1) is 22.7 Å². The van der Waals surface area contributed by atoms with Crippen molar-refractivity contribution in [1.29, 1.82) is 0 Å². The van der Waals surface area contributed by atoms with Gasteiger partial charge < -0.3 is 4.57 Å². The van der Waals surface area contributed by atoms with Gasteiger partial charge in [0, 0.05) is 30.7 Å². The summed E-state index contributed by atoms with van der Waals surface area (Å²) in [7, 11) is -3.59. The highest BCUT2D eigenvalue weighted by molar-refractivity contribution is 7.91. The van der Waals surface area contributed by atoms with Gasteiger partial charge in [0.05, 0.1) is 15.6 Å². The monoisotopic (exact) mass is 381 g/mol. The van der Waals surface area contributed by atoms with E-state index >= 15 is 0 Å². The Balaban J connectivity index is 1.69. The molecule has 0 aliphatic rings. The Bertz CT molecular complexity index is 1000. The van der Waals surface area contributed by atoms with Crippen LogP contribution in [-0.4, -0.2) is 24.5 Å². The van der Waals surface area contributed by atoms with Crippen molar-refractivity contribution in [2.75, 3.05) is 6.54 Å². The summed E-state index contributed by atoms with van der Waals surface area (Å²) >= 11 is 2.71. The van der Waals surface area contributed by atoms with E-state index in [0.717, 1.165) is 15.6 Å². The van der Waals surface area contributed by atoms with Crippen molar-refractivity contribution >= 4 is 32.7 Å². The summed E-state index contributed by atoms with van der Waals surface area (Å²) in [5.41, 5.74) is 0.633. The highest BCUT2D eigenvalue weighted by Gasteiger charge is 2.17. The van der Waals surface area contributed by atoms with Crippen molar-refractivity contribution in [3.05, 3.63) is 57.3 Å². The van der Waals surface area contributed by atoms with E-state index in [1.807, 2.05) is 12.3 Å². The number of thiophene rings is 1. The summed E-state index contributed by atoms with van der Waals surface area (Å²) in [5, 5.41) is 2.85. The first-order valence-corrected chi connectivity index (χ1v) is 10.3. The Hall–Kier alpha value is -1.81. The Labute approximate surface area is 147 Å². The van der Waals surface area contributed by atoms with Gasteiger partial charge in [-0.05, 0) is 25.1 Å². The fraction of sp³-hybridized carbons (Fsp3) is 0.200. The van der Waals surface area contributed by atoms with Crippen molar-refractivity contribution in [2.45, 2.75) is 17.7 Å². The predicted molar refractivity (Wildman–Crippen MR) is 96.1 cm³/mol. The summed E-state index contributed by atoms with van der Waals surface area (Å²) in [5.74, 6) is 0. The van der Waals surface area contributed by atoms with Gasteiger partial charge in [0.1, 0.15) is 4.21 Å².